The van der Waals surface area contributed by atoms with Crippen molar-refractivity contribution in [2.45, 2.75) is 13.3 Å². The molecule has 0 saturated carbocycles. The molecule has 6 heteroatoms. The fraction of sp³-hybridized carbons (Fsp3) is 0.214. The summed E-state index contributed by atoms with van der Waals surface area (Å²) < 4.78 is 26.5. The third-order valence-electron chi connectivity index (χ3n) is 2.96. The molecule has 1 aromatic heterocycles. The first-order chi connectivity index (χ1) is 9.46. The van der Waals surface area contributed by atoms with Gasteiger partial charge in [0.1, 0.15) is 0 Å². The van der Waals surface area contributed by atoms with Gasteiger partial charge in [0.15, 0.2) is 0 Å². The predicted octanol–water partition coefficient (Wildman–Crippen LogP) is 1.96. The van der Waals surface area contributed by atoms with Gasteiger partial charge in [0, 0.05) is 18.1 Å². The van der Waals surface area contributed by atoms with Crippen molar-refractivity contribution in [3.05, 3.63) is 53.9 Å². The molecule has 0 atom stereocenters. The van der Waals surface area contributed by atoms with Crippen molar-refractivity contribution in [3.8, 4) is 0 Å². The Morgan fingerprint density at radius 2 is 1.90 bits per heavy atom. The summed E-state index contributed by atoms with van der Waals surface area (Å²) in [5, 5.41) is 0. The number of sulfonamides is 1. The molecule has 20 heavy (non-hydrogen) atoms. The second-order valence-electron chi connectivity index (χ2n) is 4.60. The van der Waals surface area contributed by atoms with E-state index in [1.165, 1.54) is 0 Å². The Morgan fingerprint density at radius 1 is 1.20 bits per heavy atom. The highest BCUT2D eigenvalue weighted by Gasteiger charge is 2.11. The second-order valence-corrected chi connectivity index (χ2v) is 6.44. The maximum absolute atomic E-state index is 12.0. The Balaban J connectivity index is 2.02. The number of pyridine rings is 1. The zero-order chi connectivity index (χ0) is 14.6. The average Bonchev–Trinajstić information content (AvgIpc) is 2.42. The van der Waals surface area contributed by atoms with Gasteiger partial charge in [-0.3, -0.25) is 9.71 Å². The van der Waals surface area contributed by atoms with Crippen LogP contribution in [0.2, 0.25) is 0 Å². The molecule has 106 valence electrons. The Morgan fingerprint density at radius 3 is 2.55 bits per heavy atom. The lowest BCUT2D eigenvalue weighted by Crippen LogP contribution is -2.18. The molecule has 0 radical (unpaired) electrons. The number of aromatic nitrogens is 1. The van der Waals surface area contributed by atoms with Crippen LogP contribution in [0.25, 0.3) is 0 Å². The lowest BCUT2D eigenvalue weighted by molar-refractivity contribution is 0.600. The lowest BCUT2D eigenvalue weighted by atomic mass is 10.2. The quantitative estimate of drug-likeness (QED) is 0.825. The number of nitrogens with zero attached hydrogens (tertiary/aromatic N) is 1. The molecule has 3 N–H and O–H groups in total. The molecular formula is C14H17N3O2S. The van der Waals surface area contributed by atoms with Gasteiger partial charge in [0.2, 0.25) is 10.0 Å². The van der Waals surface area contributed by atoms with Crippen LogP contribution >= 0.6 is 0 Å². The SMILES string of the molecule is Cc1ccc(NS(=O)(=O)CCc2ccncc2)cc1N. The van der Waals surface area contributed by atoms with Crippen molar-refractivity contribution in [3.63, 3.8) is 0 Å². The van der Waals surface area contributed by atoms with Crippen molar-refractivity contribution in [1.29, 1.82) is 0 Å². The van der Waals surface area contributed by atoms with Crippen LogP contribution in [0.3, 0.4) is 0 Å². The number of nitrogens with two attached hydrogens (primary N) is 1. The minimum atomic E-state index is -3.39. The van der Waals surface area contributed by atoms with Crippen molar-refractivity contribution in [1.82, 2.24) is 4.98 Å². The third-order valence-corrected chi connectivity index (χ3v) is 4.25. The van der Waals surface area contributed by atoms with Crippen LogP contribution in [0.1, 0.15) is 11.1 Å². The van der Waals surface area contributed by atoms with Gasteiger partial charge in [-0.1, -0.05) is 6.07 Å². The fourth-order valence-corrected chi connectivity index (χ4v) is 2.83. The molecule has 0 saturated heterocycles. The second kappa shape index (κ2) is 5.92. The highest BCUT2D eigenvalue weighted by molar-refractivity contribution is 7.92. The van der Waals surface area contributed by atoms with Crippen LogP contribution in [0.4, 0.5) is 11.4 Å². The van der Waals surface area contributed by atoms with Crippen molar-refractivity contribution >= 4 is 21.4 Å². The molecule has 2 rings (SSSR count). The largest absolute Gasteiger partial charge is 0.398 e. The summed E-state index contributed by atoms with van der Waals surface area (Å²) in [7, 11) is -3.39. The van der Waals surface area contributed by atoms with Crippen molar-refractivity contribution in [2.24, 2.45) is 0 Å². The van der Waals surface area contributed by atoms with Crippen molar-refractivity contribution in [2.75, 3.05) is 16.2 Å². The average molecular weight is 291 g/mol. The first kappa shape index (κ1) is 14.3. The minimum absolute atomic E-state index is 0.0186. The molecule has 0 unspecified atom stereocenters. The summed E-state index contributed by atoms with van der Waals surface area (Å²) >= 11 is 0. The zero-order valence-electron chi connectivity index (χ0n) is 11.2. The van der Waals surface area contributed by atoms with Gasteiger partial charge in [-0.15, -0.1) is 0 Å². The number of nitrogen functional groups attached to an aromatic ring is 1. The van der Waals surface area contributed by atoms with Gasteiger partial charge in [-0.2, -0.15) is 0 Å². The van der Waals surface area contributed by atoms with Gasteiger partial charge in [-0.05, 0) is 48.7 Å². The molecule has 0 spiro atoms. The maximum atomic E-state index is 12.0. The topological polar surface area (TPSA) is 85.1 Å². The monoisotopic (exact) mass is 291 g/mol. The van der Waals surface area contributed by atoms with Crippen LogP contribution in [0.15, 0.2) is 42.7 Å². The van der Waals surface area contributed by atoms with Gasteiger partial charge >= 0.3 is 0 Å². The highest BCUT2D eigenvalue weighted by Crippen LogP contribution is 2.18. The van der Waals surface area contributed by atoms with E-state index in [0.717, 1.165) is 11.1 Å². The summed E-state index contributed by atoms with van der Waals surface area (Å²) in [4.78, 5) is 3.90. The summed E-state index contributed by atoms with van der Waals surface area (Å²) in [5.41, 5.74) is 8.68. The highest BCUT2D eigenvalue weighted by atomic mass is 32.2. The van der Waals surface area contributed by atoms with Gasteiger partial charge in [0.05, 0.1) is 11.4 Å². The van der Waals surface area contributed by atoms with Crippen LogP contribution in [-0.4, -0.2) is 19.2 Å². The van der Waals surface area contributed by atoms with E-state index in [-0.39, 0.29) is 5.75 Å². The van der Waals surface area contributed by atoms with Gasteiger partial charge in [0.25, 0.3) is 0 Å². The molecule has 2 aromatic rings. The number of benzene rings is 1. The number of hydrogen-bond acceptors (Lipinski definition) is 4. The molecule has 0 aliphatic rings. The van der Waals surface area contributed by atoms with E-state index in [2.05, 4.69) is 9.71 Å². The molecule has 0 aliphatic carbocycles. The van der Waals surface area contributed by atoms with Gasteiger partial charge < -0.3 is 5.73 Å². The standard InChI is InChI=1S/C14H17N3O2S/c1-11-2-3-13(10-14(11)15)17-20(18,19)9-6-12-4-7-16-8-5-12/h2-5,7-8,10,17H,6,9,15H2,1H3. The molecule has 0 aliphatic heterocycles. The first-order valence-electron chi connectivity index (χ1n) is 6.22. The predicted molar refractivity (Wildman–Crippen MR) is 80.9 cm³/mol. The number of anilines is 2. The van der Waals surface area contributed by atoms with E-state index in [0.29, 0.717) is 17.8 Å². The zero-order valence-corrected chi connectivity index (χ0v) is 12.0. The molecule has 0 fully saturated rings. The van der Waals surface area contributed by atoms with E-state index in [4.69, 9.17) is 5.73 Å². The van der Waals surface area contributed by atoms with E-state index >= 15 is 0 Å². The Bertz CT molecular complexity index is 685. The van der Waals surface area contributed by atoms with E-state index in [1.54, 1.807) is 42.7 Å². The molecule has 1 aromatic carbocycles. The van der Waals surface area contributed by atoms with Crippen molar-refractivity contribution < 1.29 is 8.42 Å². The Kier molecular flexibility index (Phi) is 4.24. The molecule has 5 nitrogen and oxygen atoms in total. The van der Waals surface area contributed by atoms with Crippen LogP contribution in [-0.2, 0) is 16.4 Å². The molecule has 0 amide bonds. The van der Waals surface area contributed by atoms with Crippen LogP contribution in [0.5, 0.6) is 0 Å². The van der Waals surface area contributed by atoms with E-state index in [1.807, 2.05) is 6.92 Å². The fourth-order valence-electron chi connectivity index (χ4n) is 1.74. The first-order valence-corrected chi connectivity index (χ1v) is 7.87. The van der Waals surface area contributed by atoms with Crippen LogP contribution in [0, 0.1) is 6.92 Å². The minimum Gasteiger partial charge on any atom is -0.398 e. The van der Waals surface area contributed by atoms with E-state index < -0.39 is 10.0 Å². The Labute approximate surface area is 118 Å². The summed E-state index contributed by atoms with van der Waals surface area (Å²) in [6, 6.07) is 8.73. The summed E-state index contributed by atoms with van der Waals surface area (Å²) in [5.74, 6) is 0.0186. The number of rotatable bonds is 5. The summed E-state index contributed by atoms with van der Waals surface area (Å²) in [6.45, 7) is 1.87. The van der Waals surface area contributed by atoms with Crippen LogP contribution < -0.4 is 10.5 Å². The van der Waals surface area contributed by atoms with Gasteiger partial charge in [-0.25, -0.2) is 8.42 Å². The summed E-state index contributed by atoms with van der Waals surface area (Å²) in [6.07, 6.45) is 3.74. The van der Waals surface area contributed by atoms with E-state index in [9.17, 15) is 8.42 Å². The number of nitrogens with one attached hydrogen (secondary N) is 1. The maximum Gasteiger partial charge on any atom is 0.233 e. The Hall–Kier alpha value is -2.08. The molecular weight excluding hydrogens is 274 g/mol. The number of aryl methyl sites for hydroxylation is 2. The normalized spacial score (nSPS) is 11.2. The smallest absolute Gasteiger partial charge is 0.233 e. The number of hydrogen-bond donors (Lipinski definition) is 2. The lowest BCUT2D eigenvalue weighted by Gasteiger charge is -2.09. The molecule has 0 bridgehead atoms. The molecule has 1 heterocycles. The third kappa shape index (κ3) is 3.96.